The first-order chi connectivity index (χ1) is 9.56. The van der Waals surface area contributed by atoms with Crippen molar-refractivity contribution in [2.45, 2.75) is 6.92 Å². The van der Waals surface area contributed by atoms with E-state index < -0.39 is 6.03 Å². The van der Waals surface area contributed by atoms with E-state index in [4.69, 9.17) is 10.8 Å². The van der Waals surface area contributed by atoms with Crippen molar-refractivity contribution in [2.75, 3.05) is 19.7 Å². The molecule has 1 rings (SSSR count). The Kier molecular flexibility index (Phi) is 6.07. The van der Waals surface area contributed by atoms with Gasteiger partial charge in [-0.15, -0.1) is 0 Å². The van der Waals surface area contributed by atoms with E-state index in [0.717, 1.165) is 5.56 Å². The van der Waals surface area contributed by atoms with E-state index in [2.05, 4.69) is 22.5 Å². The molecule has 0 unspecified atom stereocenters. The lowest BCUT2D eigenvalue weighted by molar-refractivity contribution is 0.0953. The quantitative estimate of drug-likeness (QED) is 0.449. The van der Waals surface area contributed by atoms with Gasteiger partial charge in [0, 0.05) is 24.2 Å². The summed E-state index contributed by atoms with van der Waals surface area (Å²) in [7, 11) is 0. The Labute approximate surface area is 117 Å². The van der Waals surface area contributed by atoms with E-state index in [9.17, 15) is 9.59 Å². The third kappa shape index (κ3) is 4.63. The zero-order valence-electron chi connectivity index (χ0n) is 11.2. The largest absolute Gasteiger partial charge is 0.384 e. The van der Waals surface area contributed by atoms with E-state index in [1.807, 2.05) is 0 Å². The molecule has 0 aromatic heterocycles. The van der Waals surface area contributed by atoms with Crippen molar-refractivity contribution in [1.29, 1.82) is 0 Å². The standard InChI is InChI=1S/C14H17N3O3/c1-10-11(5-3-9-18)4-2-6-12(10)13(19)16-7-8-17-14(15)20/h2,4,6,18H,7-9H2,1H3,(H,16,19)(H3,15,17,20). The highest BCUT2D eigenvalue weighted by atomic mass is 16.2. The molecule has 1 aromatic carbocycles. The average Bonchev–Trinajstić information content (AvgIpc) is 2.42. The molecule has 0 heterocycles. The third-order valence-corrected chi connectivity index (χ3v) is 2.59. The van der Waals surface area contributed by atoms with Crippen LogP contribution in [0, 0.1) is 18.8 Å². The number of aliphatic hydroxyl groups excluding tert-OH is 1. The van der Waals surface area contributed by atoms with Gasteiger partial charge in [-0.2, -0.15) is 0 Å². The Balaban J connectivity index is 2.71. The van der Waals surface area contributed by atoms with Crippen molar-refractivity contribution < 1.29 is 14.7 Å². The number of primary amides is 1. The summed E-state index contributed by atoms with van der Waals surface area (Å²) >= 11 is 0. The van der Waals surface area contributed by atoms with E-state index in [-0.39, 0.29) is 25.6 Å². The molecule has 106 valence electrons. The van der Waals surface area contributed by atoms with Gasteiger partial charge in [0.2, 0.25) is 0 Å². The van der Waals surface area contributed by atoms with Crippen molar-refractivity contribution in [3.8, 4) is 11.8 Å². The number of nitrogens with two attached hydrogens (primary N) is 1. The molecule has 1 aromatic rings. The SMILES string of the molecule is Cc1c(C#CCO)cccc1C(=O)NCCNC(N)=O. The normalized spacial score (nSPS) is 9.30. The van der Waals surface area contributed by atoms with Crippen molar-refractivity contribution >= 4 is 11.9 Å². The van der Waals surface area contributed by atoms with Crippen LogP contribution in [0.3, 0.4) is 0 Å². The summed E-state index contributed by atoms with van der Waals surface area (Å²) in [4.78, 5) is 22.5. The smallest absolute Gasteiger partial charge is 0.312 e. The zero-order chi connectivity index (χ0) is 15.0. The predicted molar refractivity (Wildman–Crippen MR) is 75.1 cm³/mol. The van der Waals surface area contributed by atoms with Gasteiger partial charge in [-0.05, 0) is 24.6 Å². The number of nitrogens with one attached hydrogen (secondary N) is 2. The molecule has 0 atom stereocenters. The fourth-order valence-corrected chi connectivity index (χ4v) is 1.61. The molecule has 5 N–H and O–H groups in total. The molecule has 20 heavy (non-hydrogen) atoms. The Morgan fingerprint density at radius 1 is 1.30 bits per heavy atom. The highest BCUT2D eigenvalue weighted by molar-refractivity contribution is 5.96. The maximum absolute atomic E-state index is 12.0. The van der Waals surface area contributed by atoms with Crippen LogP contribution >= 0.6 is 0 Å². The number of rotatable bonds is 4. The fourth-order valence-electron chi connectivity index (χ4n) is 1.61. The molecule has 0 saturated carbocycles. The first-order valence-electron chi connectivity index (χ1n) is 6.07. The molecule has 0 radical (unpaired) electrons. The molecule has 6 heteroatoms. The second kappa shape index (κ2) is 7.81. The minimum atomic E-state index is -0.628. The molecule has 0 aliphatic rings. The predicted octanol–water partition coefficient (Wildman–Crippen LogP) is -0.263. The van der Waals surface area contributed by atoms with Gasteiger partial charge in [0.25, 0.3) is 5.91 Å². The van der Waals surface area contributed by atoms with Crippen LogP contribution in [0.15, 0.2) is 18.2 Å². The lowest BCUT2D eigenvalue weighted by Gasteiger charge is -2.09. The molecular formula is C14H17N3O3. The van der Waals surface area contributed by atoms with Crippen molar-refractivity contribution in [3.63, 3.8) is 0 Å². The Bertz CT molecular complexity index is 559. The van der Waals surface area contributed by atoms with E-state index in [1.165, 1.54) is 0 Å². The molecule has 0 fully saturated rings. The number of carbonyl (C=O) groups is 2. The second-order valence-corrected chi connectivity index (χ2v) is 3.98. The van der Waals surface area contributed by atoms with Gasteiger partial charge in [0.05, 0.1) is 0 Å². The van der Waals surface area contributed by atoms with Crippen LogP contribution in [-0.4, -0.2) is 36.7 Å². The summed E-state index contributed by atoms with van der Waals surface area (Å²) in [6.07, 6.45) is 0. The van der Waals surface area contributed by atoms with E-state index in [0.29, 0.717) is 11.1 Å². The van der Waals surface area contributed by atoms with E-state index >= 15 is 0 Å². The van der Waals surface area contributed by atoms with E-state index in [1.54, 1.807) is 25.1 Å². The van der Waals surface area contributed by atoms with Gasteiger partial charge >= 0.3 is 6.03 Å². The van der Waals surface area contributed by atoms with Crippen LogP contribution in [0.2, 0.25) is 0 Å². The van der Waals surface area contributed by atoms with Gasteiger partial charge in [-0.1, -0.05) is 17.9 Å². The van der Waals surface area contributed by atoms with Crippen molar-refractivity contribution in [1.82, 2.24) is 10.6 Å². The van der Waals surface area contributed by atoms with Gasteiger partial charge in [0.1, 0.15) is 6.61 Å². The summed E-state index contributed by atoms with van der Waals surface area (Å²) in [5.74, 6) is 5.09. The second-order valence-electron chi connectivity index (χ2n) is 3.98. The molecule has 0 spiro atoms. The maximum atomic E-state index is 12.0. The molecule has 0 bridgehead atoms. The Hall–Kier alpha value is -2.52. The summed E-state index contributed by atoms with van der Waals surface area (Å²) in [6, 6.07) is 4.57. The zero-order valence-corrected chi connectivity index (χ0v) is 11.2. The summed E-state index contributed by atoms with van der Waals surface area (Å²) in [6.45, 7) is 2.12. The molecule has 0 aliphatic heterocycles. The number of benzene rings is 1. The van der Waals surface area contributed by atoms with Gasteiger partial charge in [-0.3, -0.25) is 4.79 Å². The molecule has 0 saturated heterocycles. The number of aliphatic hydroxyl groups is 1. The van der Waals surface area contributed by atoms with Crippen LogP contribution in [-0.2, 0) is 0 Å². The third-order valence-electron chi connectivity index (χ3n) is 2.59. The highest BCUT2D eigenvalue weighted by Crippen LogP contribution is 2.12. The molecule has 6 nitrogen and oxygen atoms in total. The van der Waals surface area contributed by atoms with Crippen molar-refractivity contribution in [2.24, 2.45) is 5.73 Å². The number of hydrogen-bond acceptors (Lipinski definition) is 3. The Morgan fingerprint density at radius 3 is 2.65 bits per heavy atom. The van der Waals surface area contributed by atoms with Crippen molar-refractivity contribution in [3.05, 3.63) is 34.9 Å². The monoisotopic (exact) mass is 275 g/mol. The molecule has 3 amide bonds. The van der Waals surface area contributed by atoms with Gasteiger partial charge in [-0.25, -0.2) is 4.79 Å². The molecule has 0 aliphatic carbocycles. The molecular weight excluding hydrogens is 258 g/mol. The summed E-state index contributed by atoms with van der Waals surface area (Å²) in [5.41, 5.74) is 6.86. The number of urea groups is 1. The first-order valence-corrected chi connectivity index (χ1v) is 6.07. The van der Waals surface area contributed by atoms with Crippen LogP contribution < -0.4 is 16.4 Å². The van der Waals surface area contributed by atoms with Gasteiger partial charge in [0.15, 0.2) is 0 Å². The maximum Gasteiger partial charge on any atom is 0.312 e. The lowest BCUT2D eigenvalue weighted by atomic mass is 10.0. The number of carbonyl (C=O) groups excluding carboxylic acids is 2. The number of amides is 3. The van der Waals surface area contributed by atoms with Crippen LogP contribution in [0.5, 0.6) is 0 Å². The van der Waals surface area contributed by atoms with Crippen LogP contribution in [0.25, 0.3) is 0 Å². The van der Waals surface area contributed by atoms with Crippen LogP contribution in [0.1, 0.15) is 21.5 Å². The summed E-state index contributed by atoms with van der Waals surface area (Å²) < 4.78 is 0. The minimum absolute atomic E-state index is 0.228. The average molecular weight is 275 g/mol. The fraction of sp³-hybridized carbons (Fsp3) is 0.286. The number of hydrogen-bond donors (Lipinski definition) is 4. The lowest BCUT2D eigenvalue weighted by Crippen LogP contribution is -2.37. The Morgan fingerprint density at radius 2 is 2.00 bits per heavy atom. The van der Waals surface area contributed by atoms with Gasteiger partial charge < -0.3 is 21.5 Å². The highest BCUT2D eigenvalue weighted by Gasteiger charge is 2.10. The van der Waals surface area contributed by atoms with Crippen LogP contribution in [0.4, 0.5) is 4.79 Å². The first kappa shape index (κ1) is 15.5. The summed E-state index contributed by atoms with van der Waals surface area (Å²) in [5, 5.41) is 13.7. The minimum Gasteiger partial charge on any atom is -0.384 e. The topological polar surface area (TPSA) is 104 Å².